The zero-order valence-corrected chi connectivity index (χ0v) is 11.0. The Kier molecular flexibility index (Phi) is 3.47. The molecule has 4 nitrogen and oxygen atoms in total. The van der Waals surface area contributed by atoms with Crippen molar-refractivity contribution < 1.29 is 0 Å². The summed E-state index contributed by atoms with van der Waals surface area (Å²) in [7, 11) is 0. The van der Waals surface area contributed by atoms with Crippen LogP contribution in [0.5, 0.6) is 0 Å². The Labute approximate surface area is 115 Å². The third-order valence-corrected chi connectivity index (χ3v) is 3.48. The minimum Gasteiger partial charge on any atom is -0.379 e. The highest BCUT2D eigenvalue weighted by atomic mass is 32.1. The number of nitrogens with zero attached hydrogens (tertiary/aromatic N) is 3. The molecule has 0 amide bonds. The lowest BCUT2D eigenvalue weighted by Gasteiger charge is -2.06. The number of anilines is 1. The van der Waals surface area contributed by atoms with Crippen LogP contribution in [0.1, 0.15) is 5.69 Å². The van der Waals surface area contributed by atoms with E-state index in [0.29, 0.717) is 6.54 Å². The molecule has 0 fully saturated rings. The Morgan fingerprint density at radius 1 is 1.00 bits per heavy atom. The first kappa shape index (κ1) is 11.8. The van der Waals surface area contributed by atoms with E-state index >= 15 is 0 Å². The van der Waals surface area contributed by atoms with Crippen molar-refractivity contribution in [3.8, 4) is 10.6 Å². The second-order valence-electron chi connectivity index (χ2n) is 3.96. The van der Waals surface area contributed by atoms with Gasteiger partial charge in [0.25, 0.3) is 0 Å². The van der Waals surface area contributed by atoms with Gasteiger partial charge < -0.3 is 5.32 Å². The molecule has 3 aromatic rings. The van der Waals surface area contributed by atoms with Crippen molar-refractivity contribution in [2.75, 3.05) is 5.32 Å². The molecule has 94 valence electrons. The summed E-state index contributed by atoms with van der Waals surface area (Å²) in [6, 6.07) is 8.23. The average Bonchev–Trinajstić information content (AvgIpc) is 3.01. The highest BCUT2D eigenvalue weighted by molar-refractivity contribution is 7.13. The Balaban J connectivity index is 1.67. The SMILES string of the molecule is c1cnc(CNc2ccc(-c3nccs3)cc2)cn1. The molecule has 5 heteroatoms. The first-order valence-electron chi connectivity index (χ1n) is 5.90. The third-order valence-electron chi connectivity index (χ3n) is 2.65. The summed E-state index contributed by atoms with van der Waals surface area (Å²) in [4.78, 5) is 12.5. The van der Waals surface area contributed by atoms with Crippen LogP contribution in [0.3, 0.4) is 0 Å². The molecule has 3 rings (SSSR count). The lowest BCUT2D eigenvalue weighted by atomic mass is 10.2. The number of hydrogen-bond donors (Lipinski definition) is 1. The predicted molar refractivity (Wildman–Crippen MR) is 76.9 cm³/mol. The minimum absolute atomic E-state index is 0.671. The molecule has 0 unspecified atom stereocenters. The Morgan fingerprint density at radius 2 is 1.89 bits per heavy atom. The van der Waals surface area contributed by atoms with E-state index in [1.807, 2.05) is 23.7 Å². The highest BCUT2D eigenvalue weighted by Crippen LogP contribution is 2.23. The number of thiazole rings is 1. The lowest BCUT2D eigenvalue weighted by molar-refractivity contribution is 1.01. The summed E-state index contributed by atoms with van der Waals surface area (Å²) in [5.41, 5.74) is 3.12. The molecule has 0 aliphatic carbocycles. The summed E-state index contributed by atoms with van der Waals surface area (Å²) >= 11 is 1.64. The van der Waals surface area contributed by atoms with Crippen molar-refractivity contribution in [3.63, 3.8) is 0 Å². The molecule has 0 radical (unpaired) electrons. The molecule has 0 spiro atoms. The van der Waals surface area contributed by atoms with Crippen molar-refractivity contribution in [2.45, 2.75) is 6.54 Å². The van der Waals surface area contributed by atoms with Crippen LogP contribution in [0.4, 0.5) is 5.69 Å². The topological polar surface area (TPSA) is 50.7 Å². The lowest BCUT2D eigenvalue weighted by Crippen LogP contribution is -2.01. The fourth-order valence-corrected chi connectivity index (χ4v) is 2.36. The summed E-state index contributed by atoms with van der Waals surface area (Å²) in [6.07, 6.45) is 6.95. The fourth-order valence-electron chi connectivity index (χ4n) is 1.71. The highest BCUT2D eigenvalue weighted by Gasteiger charge is 2.00. The summed E-state index contributed by atoms with van der Waals surface area (Å²) in [6.45, 7) is 0.671. The molecular formula is C14H12N4S. The van der Waals surface area contributed by atoms with Crippen molar-refractivity contribution in [1.29, 1.82) is 0 Å². The van der Waals surface area contributed by atoms with E-state index in [-0.39, 0.29) is 0 Å². The van der Waals surface area contributed by atoms with Gasteiger partial charge in [-0.3, -0.25) is 9.97 Å². The first-order valence-corrected chi connectivity index (χ1v) is 6.78. The van der Waals surface area contributed by atoms with E-state index in [2.05, 4.69) is 32.4 Å². The molecule has 0 aliphatic rings. The molecule has 19 heavy (non-hydrogen) atoms. The monoisotopic (exact) mass is 268 g/mol. The predicted octanol–water partition coefficient (Wildman–Crippen LogP) is 3.21. The number of rotatable bonds is 4. The van der Waals surface area contributed by atoms with Crippen LogP contribution in [-0.4, -0.2) is 15.0 Å². The van der Waals surface area contributed by atoms with Crippen LogP contribution < -0.4 is 5.32 Å². The van der Waals surface area contributed by atoms with Gasteiger partial charge in [-0.15, -0.1) is 11.3 Å². The smallest absolute Gasteiger partial charge is 0.123 e. The van der Waals surface area contributed by atoms with Gasteiger partial charge in [0.15, 0.2) is 0 Å². The van der Waals surface area contributed by atoms with Gasteiger partial charge in [0, 0.05) is 35.2 Å². The first-order chi connectivity index (χ1) is 9.42. The fraction of sp³-hybridized carbons (Fsp3) is 0.0714. The minimum atomic E-state index is 0.671. The zero-order chi connectivity index (χ0) is 12.9. The Bertz CT molecular complexity index is 620. The molecule has 2 aromatic heterocycles. The van der Waals surface area contributed by atoms with Gasteiger partial charge in [-0.1, -0.05) is 0 Å². The maximum Gasteiger partial charge on any atom is 0.123 e. The van der Waals surface area contributed by atoms with Gasteiger partial charge in [-0.25, -0.2) is 4.98 Å². The Morgan fingerprint density at radius 3 is 2.58 bits per heavy atom. The van der Waals surface area contributed by atoms with Crippen molar-refractivity contribution in [2.24, 2.45) is 0 Å². The molecule has 2 heterocycles. The van der Waals surface area contributed by atoms with Crippen LogP contribution in [0.15, 0.2) is 54.4 Å². The van der Waals surface area contributed by atoms with E-state index < -0.39 is 0 Å². The zero-order valence-electron chi connectivity index (χ0n) is 10.2. The van der Waals surface area contributed by atoms with Gasteiger partial charge in [-0.2, -0.15) is 0 Å². The van der Waals surface area contributed by atoms with Crippen LogP contribution in [0.2, 0.25) is 0 Å². The van der Waals surface area contributed by atoms with E-state index in [4.69, 9.17) is 0 Å². The van der Waals surface area contributed by atoms with E-state index in [1.165, 1.54) is 0 Å². The second kappa shape index (κ2) is 5.58. The second-order valence-corrected chi connectivity index (χ2v) is 4.86. The van der Waals surface area contributed by atoms with Gasteiger partial charge in [0.2, 0.25) is 0 Å². The quantitative estimate of drug-likeness (QED) is 0.789. The van der Waals surface area contributed by atoms with Crippen LogP contribution >= 0.6 is 11.3 Å². The van der Waals surface area contributed by atoms with Crippen molar-refractivity contribution in [1.82, 2.24) is 15.0 Å². The third kappa shape index (κ3) is 2.95. The standard InChI is InChI=1S/C14H12N4S/c1-3-12(18-10-13-9-15-5-6-16-13)4-2-11(1)14-17-7-8-19-14/h1-9,18H,10H2. The Hall–Kier alpha value is -2.27. The summed E-state index contributed by atoms with van der Waals surface area (Å²) in [5, 5.41) is 6.34. The average molecular weight is 268 g/mol. The molecule has 1 aromatic carbocycles. The van der Waals surface area contributed by atoms with Gasteiger partial charge >= 0.3 is 0 Å². The molecule has 0 aliphatic heterocycles. The largest absolute Gasteiger partial charge is 0.379 e. The number of aromatic nitrogens is 3. The summed E-state index contributed by atoms with van der Waals surface area (Å²) < 4.78 is 0. The van der Waals surface area contributed by atoms with Crippen LogP contribution in [-0.2, 0) is 6.54 Å². The molecule has 1 N–H and O–H groups in total. The molecular weight excluding hydrogens is 256 g/mol. The normalized spacial score (nSPS) is 10.3. The van der Waals surface area contributed by atoms with Crippen LogP contribution in [0, 0.1) is 0 Å². The van der Waals surface area contributed by atoms with E-state index in [0.717, 1.165) is 22.0 Å². The number of benzene rings is 1. The van der Waals surface area contributed by atoms with E-state index in [9.17, 15) is 0 Å². The van der Waals surface area contributed by atoms with Gasteiger partial charge in [-0.05, 0) is 24.3 Å². The molecule has 0 bridgehead atoms. The summed E-state index contributed by atoms with van der Waals surface area (Å²) in [5.74, 6) is 0. The molecule has 0 atom stereocenters. The number of nitrogens with one attached hydrogen (secondary N) is 1. The number of hydrogen-bond acceptors (Lipinski definition) is 5. The maximum atomic E-state index is 4.29. The van der Waals surface area contributed by atoms with Gasteiger partial charge in [0.1, 0.15) is 5.01 Å². The van der Waals surface area contributed by atoms with Crippen molar-refractivity contribution >= 4 is 17.0 Å². The van der Waals surface area contributed by atoms with Crippen LogP contribution in [0.25, 0.3) is 10.6 Å². The maximum absolute atomic E-state index is 4.29. The van der Waals surface area contributed by atoms with E-state index in [1.54, 1.807) is 29.9 Å². The van der Waals surface area contributed by atoms with Crippen molar-refractivity contribution in [3.05, 3.63) is 60.1 Å². The molecule has 0 saturated heterocycles. The molecule has 0 saturated carbocycles. The van der Waals surface area contributed by atoms with Gasteiger partial charge in [0.05, 0.1) is 18.4 Å².